The van der Waals surface area contributed by atoms with Gasteiger partial charge in [-0.05, 0) is 24.5 Å². The van der Waals surface area contributed by atoms with E-state index in [-0.39, 0.29) is 17.0 Å². The highest BCUT2D eigenvalue weighted by atomic mass is 32.2. The molecule has 2 rings (SSSR count). The first-order valence-electron chi connectivity index (χ1n) is 6.14. The van der Waals surface area contributed by atoms with Gasteiger partial charge in [0, 0.05) is 17.7 Å². The Labute approximate surface area is 112 Å². The monoisotopic (exact) mass is 262 g/mol. The molecule has 1 aromatic carbocycles. The SMILES string of the molecule is CC1(C)CC(=O)C(C)(Sc2ccccc2)C(=O)C1. The number of Topliss-reactive ketones (excluding diaryl/α,β-unsaturated/α-hetero) is 2. The van der Waals surface area contributed by atoms with E-state index in [9.17, 15) is 9.59 Å². The third kappa shape index (κ3) is 2.51. The van der Waals surface area contributed by atoms with Crippen molar-refractivity contribution in [3.63, 3.8) is 0 Å². The summed E-state index contributed by atoms with van der Waals surface area (Å²) in [6.07, 6.45) is 0.962. The number of rotatable bonds is 2. The number of benzene rings is 1. The lowest BCUT2D eigenvalue weighted by molar-refractivity contribution is -0.136. The summed E-state index contributed by atoms with van der Waals surface area (Å²) in [7, 11) is 0. The van der Waals surface area contributed by atoms with E-state index in [2.05, 4.69) is 0 Å². The topological polar surface area (TPSA) is 34.1 Å². The Hall–Kier alpha value is -1.09. The van der Waals surface area contributed by atoms with Crippen LogP contribution in [0.25, 0.3) is 0 Å². The highest BCUT2D eigenvalue weighted by molar-refractivity contribution is 8.02. The second-order valence-electron chi connectivity index (χ2n) is 5.81. The predicted molar refractivity (Wildman–Crippen MR) is 73.7 cm³/mol. The number of hydrogen-bond donors (Lipinski definition) is 0. The summed E-state index contributed by atoms with van der Waals surface area (Å²) < 4.78 is -0.906. The van der Waals surface area contributed by atoms with E-state index in [0.29, 0.717) is 12.8 Å². The van der Waals surface area contributed by atoms with Crippen LogP contribution in [-0.4, -0.2) is 16.3 Å². The molecule has 0 unspecified atom stereocenters. The maximum atomic E-state index is 12.3. The second kappa shape index (κ2) is 4.54. The van der Waals surface area contributed by atoms with Gasteiger partial charge in [0.1, 0.15) is 4.75 Å². The van der Waals surface area contributed by atoms with Crippen molar-refractivity contribution in [2.45, 2.75) is 43.3 Å². The molecule has 2 nitrogen and oxygen atoms in total. The molecular formula is C15H18O2S. The van der Waals surface area contributed by atoms with Crippen molar-refractivity contribution >= 4 is 23.3 Å². The second-order valence-corrected chi connectivity index (χ2v) is 7.30. The summed E-state index contributed by atoms with van der Waals surface area (Å²) >= 11 is 1.38. The molecule has 0 aliphatic heterocycles. The predicted octanol–water partition coefficient (Wildman–Crippen LogP) is 3.50. The third-order valence-corrected chi connectivity index (χ3v) is 4.78. The van der Waals surface area contributed by atoms with Gasteiger partial charge in [0.15, 0.2) is 11.6 Å². The van der Waals surface area contributed by atoms with Gasteiger partial charge in [-0.25, -0.2) is 0 Å². The zero-order valence-corrected chi connectivity index (χ0v) is 11.8. The lowest BCUT2D eigenvalue weighted by atomic mass is 9.72. The molecule has 0 spiro atoms. The van der Waals surface area contributed by atoms with Crippen molar-refractivity contribution in [3.05, 3.63) is 30.3 Å². The van der Waals surface area contributed by atoms with E-state index in [1.165, 1.54) is 11.8 Å². The average Bonchev–Trinajstić information content (AvgIpc) is 2.27. The molecule has 1 saturated carbocycles. The Morgan fingerprint density at radius 2 is 1.44 bits per heavy atom. The van der Waals surface area contributed by atoms with Gasteiger partial charge in [0.2, 0.25) is 0 Å². The fraction of sp³-hybridized carbons (Fsp3) is 0.467. The van der Waals surface area contributed by atoms with Gasteiger partial charge in [-0.2, -0.15) is 0 Å². The molecule has 0 aromatic heterocycles. The van der Waals surface area contributed by atoms with Gasteiger partial charge < -0.3 is 0 Å². The molecule has 1 aromatic rings. The number of carbonyl (C=O) groups excluding carboxylic acids is 2. The Morgan fingerprint density at radius 3 is 1.94 bits per heavy atom. The minimum absolute atomic E-state index is 0.0533. The summed E-state index contributed by atoms with van der Waals surface area (Å²) in [6, 6.07) is 9.66. The van der Waals surface area contributed by atoms with E-state index in [0.717, 1.165) is 4.90 Å². The first-order chi connectivity index (χ1) is 8.33. The molecule has 18 heavy (non-hydrogen) atoms. The number of thioether (sulfide) groups is 1. The van der Waals surface area contributed by atoms with Crippen LogP contribution in [0.3, 0.4) is 0 Å². The van der Waals surface area contributed by atoms with E-state index < -0.39 is 4.75 Å². The Bertz CT molecular complexity index is 457. The molecule has 0 bridgehead atoms. The van der Waals surface area contributed by atoms with Crippen molar-refractivity contribution < 1.29 is 9.59 Å². The lowest BCUT2D eigenvalue weighted by Crippen LogP contribution is -2.48. The quantitative estimate of drug-likeness (QED) is 0.765. The summed E-state index contributed by atoms with van der Waals surface area (Å²) in [5.74, 6) is 0.107. The van der Waals surface area contributed by atoms with Crippen LogP contribution in [0, 0.1) is 5.41 Å². The largest absolute Gasteiger partial charge is 0.298 e. The molecule has 1 aliphatic rings. The molecule has 96 valence electrons. The van der Waals surface area contributed by atoms with E-state index in [1.54, 1.807) is 6.92 Å². The smallest absolute Gasteiger partial charge is 0.156 e. The summed E-state index contributed by atoms with van der Waals surface area (Å²) in [5, 5.41) is 0. The lowest BCUT2D eigenvalue weighted by Gasteiger charge is -2.38. The van der Waals surface area contributed by atoms with Crippen LogP contribution >= 0.6 is 11.8 Å². The van der Waals surface area contributed by atoms with Crippen LogP contribution in [0.4, 0.5) is 0 Å². The van der Waals surface area contributed by atoms with Crippen molar-refractivity contribution in [2.75, 3.05) is 0 Å². The Morgan fingerprint density at radius 1 is 0.944 bits per heavy atom. The zero-order valence-electron chi connectivity index (χ0n) is 11.0. The molecule has 0 heterocycles. The van der Waals surface area contributed by atoms with Crippen LogP contribution in [0.2, 0.25) is 0 Å². The van der Waals surface area contributed by atoms with Gasteiger partial charge in [0.05, 0.1) is 0 Å². The molecule has 3 heteroatoms. The highest BCUT2D eigenvalue weighted by Crippen LogP contribution is 2.44. The first kappa shape index (κ1) is 13.3. The van der Waals surface area contributed by atoms with Crippen LogP contribution in [0.1, 0.15) is 33.6 Å². The van der Waals surface area contributed by atoms with E-state index >= 15 is 0 Å². The number of carbonyl (C=O) groups is 2. The van der Waals surface area contributed by atoms with Crippen LogP contribution in [0.15, 0.2) is 35.2 Å². The van der Waals surface area contributed by atoms with Gasteiger partial charge in [-0.3, -0.25) is 9.59 Å². The van der Waals surface area contributed by atoms with Crippen LogP contribution in [0.5, 0.6) is 0 Å². The molecule has 0 radical (unpaired) electrons. The van der Waals surface area contributed by atoms with Gasteiger partial charge in [-0.15, -0.1) is 11.8 Å². The highest BCUT2D eigenvalue weighted by Gasteiger charge is 2.49. The van der Waals surface area contributed by atoms with Crippen molar-refractivity contribution in [1.29, 1.82) is 0 Å². The normalized spacial score (nSPS) is 21.9. The molecule has 1 fully saturated rings. The van der Waals surface area contributed by atoms with Gasteiger partial charge in [-0.1, -0.05) is 32.0 Å². The van der Waals surface area contributed by atoms with Crippen molar-refractivity contribution in [1.82, 2.24) is 0 Å². The summed E-state index contributed by atoms with van der Waals surface area (Å²) in [5.41, 5.74) is -0.190. The maximum Gasteiger partial charge on any atom is 0.156 e. The number of hydrogen-bond acceptors (Lipinski definition) is 3. The minimum atomic E-state index is -0.906. The van der Waals surface area contributed by atoms with Crippen molar-refractivity contribution in [2.24, 2.45) is 5.41 Å². The molecule has 0 amide bonds. The summed E-state index contributed by atoms with van der Waals surface area (Å²) in [6.45, 7) is 5.73. The summed E-state index contributed by atoms with van der Waals surface area (Å²) in [4.78, 5) is 25.6. The maximum absolute atomic E-state index is 12.3. The molecule has 0 atom stereocenters. The van der Waals surface area contributed by atoms with E-state index in [4.69, 9.17) is 0 Å². The molecule has 0 saturated heterocycles. The van der Waals surface area contributed by atoms with Crippen molar-refractivity contribution in [3.8, 4) is 0 Å². The fourth-order valence-electron chi connectivity index (χ4n) is 2.26. The van der Waals surface area contributed by atoms with Crippen LogP contribution < -0.4 is 0 Å². The third-order valence-electron chi connectivity index (χ3n) is 3.41. The first-order valence-corrected chi connectivity index (χ1v) is 6.96. The Kier molecular flexibility index (Phi) is 3.37. The van der Waals surface area contributed by atoms with Gasteiger partial charge in [0.25, 0.3) is 0 Å². The number of ketones is 2. The minimum Gasteiger partial charge on any atom is -0.298 e. The fourth-order valence-corrected chi connectivity index (χ4v) is 3.40. The van der Waals surface area contributed by atoms with Crippen LogP contribution in [-0.2, 0) is 9.59 Å². The Balaban J connectivity index is 2.25. The molecule has 1 aliphatic carbocycles. The zero-order chi connectivity index (χ0) is 13.4. The molecule has 0 N–H and O–H groups in total. The molecular weight excluding hydrogens is 244 g/mol. The van der Waals surface area contributed by atoms with E-state index in [1.807, 2.05) is 44.2 Å². The van der Waals surface area contributed by atoms with Gasteiger partial charge >= 0.3 is 0 Å². The average molecular weight is 262 g/mol. The standard InChI is InChI=1S/C15H18O2S/c1-14(2)9-12(16)15(3,13(17)10-14)18-11-7-5-4-6-8-11/h4-8H,9-10H2,1-3H3.